The first-order valence-corrected chi connectivity index (χ1v) is 8.55. The Balaban J connectivity index is 2.04. The van der Waals surface area contributed by atoms with Crippen LogP contribution in [0.15, 0.2) is 53.1 Å². The molecule has 0 N–H and O–H groups in total. The third-order valence-corrected chi connectivity index (χ3v) is 5.05. The van der Waals surface area contributed by atoms with Gasteiger partial charge in [0.2, 0.25) is 5.78 Å². The van der Waals surface area contributed by atoms with Gasteiger partial charge in [0.1, 0.15) is 6.42 Å². The first-order chi connectivity index (χ1) is 12.0. The molecule has 5 nitrogen and oxygen atoms in total. The van der Waals surface area contributed by atoms with Gasteiger partial charge < -0.3 is 4.42 Å². The fourth-order valence-electron chi connectivity index (χ4n) is 2.32. The highest BCUT2D eigenvalue weighted by Gasteiger charge is 2.24. The Morgan fingerprint density at radius 2 is 1.92 bits per heavy atom. The van der Waals surface area contributed by atoms with Gasteiger partial charge in [-0.05, 0) is 41.5 Å². The molecule has 0 aliphatic heterocycles. The van der Waals surface area contributed by atoms with Gasteiger partial charge in [0.05, 0.1) is 15.9 Å². The van der Waals surface area contributed by atoms with Crippen LogP contribution in [-0.2, 0) is 11.2 Å². The summed E-state index contributed by atoms with van der Waals surface area (Å²) in [6.45, 7) is 0. The molecule has 0 saturated heterocycles. The number of thiophene rings is 1. The molecule has 1 aromatic carbocycles. The van der Waals surface area contributed by atoms with Crippen LogP contribution >= 0.6 is 22.9 Å². The van der Waals surface area contributed by atoms with E-state index in [-0.39, 0.29) is 22.7 Å². The van der Waals surface area contributed by atoms with Crippen LogP contribution in [0.25, 0.3) is 10.4 Å². The van der Waals surface area contributed by atoms with Crippen LogP contribution in [0.4, 0.5) is 0 Å². The van der Waals surface area contributed by atoms with E-state index < -0.39 is 5.91 Å². The monoisotopic (exact) mass is 374 g/mol. The molecule has 0 aliphatic carbocycles. The molecule has 0 fully saturated rings. The number of benzene rings is 1. The summed E-state index contributed by atoms with van der Waals surface area (Å²) in [7, 11) is 1.16. The lowest BCUT2D eigenvalue weighted by atomic mass is 10.1. The lowest BCUT2D eigenvalue weighted by Crippen LogP contribution is -2.15. The zero-order valence-corrected chi connectivity index (χ0v) is 14.8. The van der Waals surface area contributed by atoms with E-state index in [0.717, 1.165) is 17.5 Å². The largest absolute Gasteiger partial charge is 0.461 e. The predicted molar refractivity (Wildman–Crippen MR) is 95.2 cm³/mol. The quantitative estimate of drug-likeness (QED) is 0.491. The average molecular weight is 375 g/mol. The molecule has 7 heteroatoms. The molecule has 0 bridgehead atoms. The van der Waals surface area contributed by atoms with E-state index in [1.807, 2.05) is 12.1 Å². The van der Waals surface area contributed by atoms with Gasteiger partial charge in [-0.3, -0.25) is 4.79 Å². The first-order valence-electron chi connectivity index (χ1n) is 7.36. The minimum atomic E-state index is -0.579. The molecular formula is C18H13ClNO4S+. The Morgan fingerprint density at radius 1 is 1.20 bits per heavy atom. The van der Waals surface area contributed by atoms with Gasteiger partial charge >= 0.3 is 5.91 Å². The van der Waals surface area contributed by atoms with Crippen molar-refractivity contribution in [3.8, 4) is 10.4 Å². The van der Waals surface area contributed by atoms with Gasteiger partial charge in [-0.25, -0.2) is 4.79 Å². The number of nitrogens with zero attached hydrogens (tertiary/aromatic N) is 1. The smallest absolute Gasteiger partial charge is 0.437 e. The number of rotatable bonds is 5. The van der Waals surface area contributed by atoms with Crippen molar-refractivity contribution in [3.63, 3.8) is 0 Å². The van der Waals surface area contributed by atoms with Crippen molar-refractivity contribution in [1.82, 2.24) is 0 Å². The van der Waals surface area contributed by atoms with E-state index in [1.54, 1.807) is 30.3 Å². The highest BCUT2D eigenvalue weighted by molar-refractivity contribution is 7.17. The van der Waals surface area contributed by atoms with Crippen molar-refractivity contribution < 1.29 is 18.8 Å². The zero-order valence-electron chi connectivity index (χ0n) is 13.2. The van der Waals surface area contributed by atoms with Crippen LogP contribution in [0.1, 0.15) is 21.0 Å². The Kier molecular flexibility index (Phi) is 4.92. The predicted octanol–water partition coefficient (Wildman–Crippen LogP) is 4.37. The summed E-state index contributed by atoms with van der Waals surface area (Å²) in [5.74, 6) is -0.618. The molecule has 2 heterocycles. The number of hydrogen-bond donors (Lipinski definition) is 0. The Morgan fingerprint density at radius 3 is 2.52 bits per heavy atom. The Bertz CT molecular complexity index is 942. The topological polar surface area (TPSA) is 67.4 Å². The van der Waals surface area contributed by atoms with Gasteiger partial charge in [-0.2, -0.15) is 0 Å². The molecule has 0 radical (unpaired) electrons. The van der Waals surface area contributed by atoms with Crippen molar-refractivity contribution in [2.45, 2.75) is 6.42 Å². The molecule has 25 heavy (non-hydrogen) atoms. The minimum absolute atomic E-state index is 0.0834. The second kappa shape index (κ2) is 7.13. The van der Waals surface area contributed by atoms with E-state index in [2.05, 4.69) is 0 Å². The molecule has 126 valence electrons. The van der Waals surface area contributed by atoms with Gasteiger partial charge in [0.15, 0.2) is 12.8 Å². The summed E-state index contributed by atoms with van der Waals surface area (Å²) >= 11 is 7.18. The summed E-state index contributed by atoms with van der Waals surface area (Å²) in [6, 6.07) is 11.9. The Hall–Kier alpha value is -2.57. The third-order valence-electron chi connectivity index (χ3n) is 3.58. The fraction of sp³-hybridized carbons (Fsp3) is 0.111. The van der Waals surface area contributed by atoms with Gasteiger partial charge in [0, 0.05) is 14.8 Å². The maximum atomic E-state index is 12.5. The number of likely N-dealkylation sites (N-methyl/N-ethyl adjacent to an activating group) is 1. The van der Waals surface area contributed by atoms with Crippen LogP contribution < -0.4 is 0 Å². The number of amides is 1. The van der Waals surface area contributed by atoms with E-state index in [1.165, 1.54) is 17.6 Å². The summed E-state index contributed by atoms with van der Waals surface area (Å²) in [4.78, 5) is 36.8. The number of halogens is 1. The molecule has 3 aromatic rings. The molecule has 0 unspecified atom stereocenters. The molecule has 1 amide bonds. The number of furan rings is 1. The van der Waals surface area contributed by atoms with E-state index in [9.17, 15) is 14.5 Å². The SMILES string of the molecule is C[N+](=O)C(=O)Cc1cc(C(=O)c2ccco2)sc1-c1ccc(Cl)cc1. The van der Waals surface area contributed by atoms with Crippen LogP contribution in [0.3, 0.4) is 0 Å². The van der Waals surface area contributed by atoms with Crippen molar-refractivity contribution in [3.05, 3.63) is 74.9 Å². The number of ketones is 1. The highest BCUT2D eigenvalue weighted by atomic mass is 35.5. The molecule has 0 spiro atoms. The lowest BCUT2D eigenvalue weighted by molar-refractivity contribution is -0.438. The van der Waals surface area contributed by atoms with Crippen LogP contribution in [0, 0.1) is 4.91 Å². The maximum Gasteiger partial charge on any atom is 0.437 e. The van der Waals surface area contributed by atoms with E-state index >= 15 is 0 Å². The molecule has 2 aromatic heterocycles. The zero-order chi connectivity index (χ0) is 18.0. The molecule has 0 atom stereocenters. The standard InChI is InChI=1S/C18H13ClNO4S/c1-20(23)16(21)10-12-9-15(17(22)14-3-2-8-24-14)25-18(12)11-4-6-13(19)7-5-11/h2-9H,10H2,1H3/q+1. The number of carbonyl (C=O) groups is 2. The third kappa shape index (κ3) is 3.75. The van der Waals surface area contributed by atoms with Gasteiger partial charge in [-0.1, -0.05) is 23.7 Å². The molecule has 3 rings (SSSR count). The minimum Gasteiger partial charge on any atom is -0.461 e. The second-order valence-corrected chi connectivity index (χ2v) is 6.83. The lowest BCUT2D eigenvalue weighted by Gasteiger charge is -2.01. The van der Waals surface area contributed by atoms with Crippen molar-refractivity contribution in [2.75, 3.05) is 7.05 Å². The molecular weight excluding hydrogens is 362 g/mol. The average Bonchev–Trinajstić information content (AvgIpc) is 3.25. The van der Waals surface area contributed by atoms with Crippen molar-refractivity contribution in [1.29, 1.82) is 0 Å². The number of hydrogen-bond acceptors (Lipinski definition) is 5. The van der Waals surface area contributed by atoms with Crippen LogP contribution in [-0.4, -0.2) is 23.5 Å². The summed E-state index contributed by atoms with van der Waals surface area (Å²) in [5, 5.41) is 0.587. The van der Waals surface area contributed by atoms with Gasteiger partial charge in [0.25, 0.3) is 0 Å². The summed E-state index contributed by atoms with van der Waals surface area (Å²) in [6.07, 6.45) is 1.34. The first kappa shape index (κ1) is 17.3. The number of nitroso groups, excluding NO2 is 1. The van der Waals surface area contributed by atoms with E-state index in [0.29, 0.717) is 15.5 Å². The number of carbonyl (C=O) groups excluding carboxylic acids is 2. The molecule has 0 saturated carbocycles. The van der Waals surface area contributed by atoms with E-state index in [4.69, 9.17) is 16.0 Å². The summed E-state index contributed by atoms with van der Waals surface area (Å²) in [5.41, 5.74) is 1.44. The molecule has 0 aliphatic rings. The fourth-order valence-corrected chi connectivity index (χ4v) is 3.58. The van der Waals surface area contributed by atoms with Gasteiger partial charge in [-0.15, -0.1) is 11.3 Å². The summed E-state index contributed by atoms with van der Waals surface area (Å²) < 4.78 is 5.44. The van der Waals surface area contributed by atoms with Crippen molar-refractivity contribution >= 4 is 34.6 Å². The normalized spacial score (nSPS) is 10.6. The maximum absolute atomic E-state index is 12.5. The Labute approximate surface area is 152 Å². The van der Waals surface area contributed by atoms with Crippen LogP contribution in [0.5, 0.6) is 0 Å². The van der Waals surface area contributed by atoms with Crippen LogP contribution in [0.2, 0.25) is 5.02 Å². The van der Waals surface area contributed by atoms with Crippen molar-refractivity contribution in [2.24, 2.45) is 0 Å². The second-order valence-electron chi connectivity index (χ2n) is 5.35. The highest BCUT2D eigenvalue weighted by Crippen LogP contribution is 2.35.